The Morgan fingerprint density at radius 1 is 1.23 bits per heavy atom. The molecule has 0 aromatic heterocycles. The highest BCUT2D eigenvalue weighted by atomic mass is 16.3. The first kappa shape index (κ1) is 15.5. The van der Waals surface area contributed by atoms with Crippen molar-refractivity contribution in [2.75, 3.05) is 32.8 Å². The van der Waals surface area contributed by atoms with Gasteiger partial charge < -0.3 is 14.9 Å². The Bertz CT molecular complexity index is 509. The number of carbonyl (C=O) groups excluding carboxylic acids is 1. The minimum absolute atomic E-state index is 0.0190. The minimum Gasteiger partial charge on any atom is -0.395 e. The average Bonchev–Trinajstić information content (AvgIpc) is 2.83. The van der Waals surface area contributed by atoms with Gasteiger partial charge in [0.1, 0.15) is 0 Å². The molecule has 22 heavy (non-hydrogen) atoms. The maximum absolute atomic E-state index is 12.9. The van der Waals surface area contributed by atoms with Crippen molar-refractivity contribution in [3.8, 4) is 0 Å². The summed E-state index contributed by atoms with van der Waals surface area (Å²) in [4.78, 5) is 17.3. The number of hydrogen-bond donors (Lipinski definition) is 1. The molecular weight excluding hydrogens is 276 g/mol. The predicted molar refractivity (Wildman–Crippen MR) is 86.7 cm³/mol. The van der Waals surface area contributed by atoms with E-state index in [4.69, 9.17) is 5.11 Å². The van der Waals surface area contributed by atoms with Gasteiger partial charge >= 0.3 is 0 Å². The van der Waals surface area contributed by atoms with E-state index in [0.717, 1.165) is 51.0 Å². The van der Waals surface area contributed by atoms with E-state index in [-0.39, 0.29) is 18.1 Å². The van der Waals surface area contributed by atoms with E-state index in [0.29, 0.717) is 5.91 Å². The lowest BCUT2D eigenvalue weighted by Gasteiger charge is -2.44. The molecule has 1 atom stereocenters. The number of rotatable bonds is 4. The third-order valence-corrected chi connectivity index (χ3v) is 5.44. The summed E-state index contributed by atoms with van der Waals surface area (Å²) in [5, 5.41) is 9.10. The number of likely N-dealkylation sites (tertiary alicyclic amines) is 2. The summed E-state index contributed by atoms with van der Waals surface area (Å²) < 4.78 is 0. The molecule has 4 heteroatoms. The fraction of sp³-hybridized carbons (Fsp3) is 0.611. The molecule has 2 aliphatic heterocycles. The van der Waals surface area contributed by atoms with Crippen LogP contribution in [0.15, 0.2) is 30.3 Å². The van der Waals surface area contributed by atoms with E-state index >= 15 is 0 Å². The maximum atomic E-state index is 12.9. The number of aliphatic hydroxyl groups excluding tert-OH is 1. The average molecular weight is 302 g/mol. The summed E-state index contributed by atoms with van der Waals surface area (Å²) in [6, 6.07) is 10.2. The number of likely N-dealkylation sites (N-methyl/N-ethyl adjacent to an activating group) is 1. The van der Waals surface area contributed by atoms with Crippen molar-refractivity contribution in [1.82, 2.24) is 9.80 Å². The Balaban J connectivity index is 1.79. The fourth-order valence-corrected chi connectivity index (χ4v) is 4.24. The molecule has 2 aliphatic rings. The third kappa shape index (κ3) is 2.66. The first-order valence-electron chi connectivity index (χ1n) is 8.40. The van der Waals surface area contributed by atoms with Gasteiger partial charge in [0.05, 0.1) is 12.5 Å². The van der Waals surface area contributed by atoms with Gasteiger partial charge in [-0.15, -0.1) is 0 Å². The highest BCUT2D eigenvalue weighted by Gasteiger charge is 2.51. The quantitative estimate of drug-likeness (QED) is 0.923. The van der Waals surface area contributed by atoms with Gasteiger partial charge in [-0.2, -0.15) is 0 Å². The van der Waals surface area contributed by atoms with E-state index < -0.39 is 0 Å². The van der Waals surface area contributed by atoms with Gasteiger partial charge in [0.25, 0.3) is 0 Å². The Kier molecular flexibility index (Phi) is 4.50. The highest BCUT2D eigenvalue weighted by molar-refractivity contribution is 5.87. The van der Waals surface area contributed by atoms with E-state index in [1.165, 1.54) is 0 Å². The zero-order chi connectivity index (χ0) is 15.6. The van der Waals surface area contributed by atoms with E-state index in [1.54, 1.807) is 0 Å². The van der Waals surface area contributed by atoms with Gasteiger partial charge in [0.2, 0.25) is 5.91 Å². The Morgan fingerprint density at radius 3 is 2.50 bits per heavy atom. The lowest BCUT2D eigenvalue weighted by atomic mass is 9.81. The molecule has 0 radical (unpaired) electrons. The Hall–Kier alpha value is -1.39. The molecule has 1 N–H and O–H groups in total. The van der Waals surface area contributed by atoms with Gasteiger partial charge in [-0.1, -0.05) is 30.3 Å². The van der Waals surface area contributed by atoms with Gasteiger partial charge in [-0.25, -0.2) is 0 Å². The fourth-order valence-electron chi connectivity index (χ4n) is 4.24. The number of benzene rings is 1. The van der Waals surface area contributed by atoms with Crippen molar-refractivity contribution in [2.24, 2.45) is 0 Å². The SMILES string of the molecule is CCN1C(=O)[C@H](c2ccccc2)CC12CCN(CCO)CC2. The minimum atomic E-state index is 0.0190. The molecule has 2 fully saturated rings. The van der Waals surface area contributed by atoms with Gasteiger partial charge in [-0.05, 0) is 31.7 Å². The maximum Gasteiger partial charge on any atom is 0.230 e. The molecule has 3 rings (SSSR count). The number of aliphatic hydroxyl groups is 1. The van der Waals surface area contributed by atoms with E-state index in [9.17, 15) is 4.79 Å². The van der Waals surface area contributed by atoms with E-state index in [2.05, 4.69) is 28.9 Å². The van der Waals surface area contributed by atoms with Crippen LogP contribution < -0.4 is 0 Å². The molecule has 4 nitrogen and oxygen atoms in total. The summed E-state index contributed by atoms with van der Waals surface area (Å²) in [6.07, 6.45) is 2.99. The number of hydrogen-bond acceptors (Lipinski definition) is 3. The highest BCUT2D eigenvalue weighted by Crippen LogP contribution is 2.45. The monoisotopic (exact) mass is 302 g/mol. The normalized spacial score (nSPS) is 25.1. The van der Waals surface area contributed by atoms with Crippen LogP contribution in [0.5, 0.6) is 0 Å². The van der Waals surface area contributed by atoms with Crippen molar-refractivity contribution < 1.29 is 9.90 Å². The topological polar surface area (TPSA) is 43.8 Å². The first-order chi connectivity index (χ1) is 10.7. The van der Waals surface area contributed by atoms with Crippen molar-refractivity contribution in [3.05, 3.63) is 35.9 Å². The first-order valence-corrected chi connectivity index (χ1v) is 8.40. The van der Waals surface area contributed by atoms with Crippen LogP contribution >= 0.6 is 0 Å². The second-order valence-electron chi connectivity index (χ2n) is 6.54. The molecule has 0 bridgehead atoms. The number of nitrogens with zero attached hydrogens (tertiary/aromatic N) is 2. The predicted octanol–water partition coefficient (Wildman–Crippen LogP) is 1.85. The summed E-state index contributed by atoms with van der Waals surface area (Å²) in [7, 11) is 0. The molecule has 1 amide bonds. The van der Waals surface area contributed by atoms with Crippen molar-refractivity contribution in [3.63, 3.8) is 0 Å². The van der Waals surface area contributed by atoms with Gasteiger partial charge in [0.15, 0.2) is 0 Å². The standard InChI is InChI=1S/C18H26N2O2/c1-2-20-17(22)16(15-6-4-3-5-7-15)14-18(20)8-10-19(11-9-18)12-13-21/h3-7,16,21H,2,8-14H2,1H3/t16-/m0/s1. The second-order valence-corrected chi connectivity index (χ2v) is 6.54. The molecule has 0 saturated carbocycles. The van der Waals surface area contributed by atoms with Gasteiger partial charge in [-0.3, -0.25) is 4.79 Å². The molecule has 2 saturated heterocycles. The third-order valence-electron chi connectivity index (χ3n) is 5.44. The van der Waals surface area contributed by atoms with Crippen molar-refractivity contribution >= 4 is 5.91 Å². The number of β-amino-alcohol motifs (C(OH)–C–C–N with tert-alkyl or cyclic N) is 1. The summed E-state index contributed by atoms with van der Waals surface area (Å²) in [5.74, 6) is 0.315. The molecular formula is C18H26N2O2. The molecule has 1 aromatic rings. The Morgan fingerprint density at radius 2 is 1.91 bits per heavy atom. The van der Waals surface area contributed by atoms with Gasteiger partial charge in [0, 0.05) is 31.7 Å². The van der Waals surface area contributed by atoms with Crippen LogP contribution in [-0.4, -0.2) is 59.1 Å². The number of amides is 1. The van der Waals surface area contributed by atoms with E-state index in [1.807, 2.05) is 18.2 Å². The molecule has 120 valence electrons. The summed E-state index contributed by atoms with van der Waals surface area (Å²) in [6.45, 7) is 5.81. The zero-order valence-electron chi connectivity index (χ0n) is 13.4. The zero-order valence-corrected chi connectivity index (χ0v) is 13.4. The largest absolute Gasteiger partial charge is 0.395 e. The molecule has 2 heterocycles. The van der Waals surface area contributed by atoms with Crippen LogP contribution in [-0.2, 0) is 4.79 Å². The molecule has 0 unspecified atom stereocenters. The van der Waals surface area contributed by atoms with Crippen LogP contribution in [0.4, 0.5) is 0 Å². The molecule has 0 aliphatic carbocycles. The lowest BCUT2D eigenvalue weighted by molar-refractivity contribution is -0.133. The van der Waals surface area contributed by atoms with Crippen molar-refractivity contribution in [2.45, 2.75) is 37.6 Å². The lowest BCUT2D eigenvalue weighted by Crippen LogP contribution is -2.53. The molecule has 1 spiro atoms. The smallest absolute Gasteiger partial charge is 0.230 e. The van der Waals surface area contributed by atoms with Crippen LogP contribution in [0.2, 0.25) is 0 Å². The molecule has 1 aromatic carbocycles. The summed E-state index contributed by atoms with van der Waals surface area (Å²) in [5.41, 5.74) is 1.18. The van der Waals surface area contributed by atoms with Crippen LogP contribution in [0.3, 0.4) is 0 Å². The van der Waals surface area contributed by atoms with Crippen LogP contribution in [0.1, 0.15) is 37.7 Å². The number of piperidine rings is 1. The van der Waals surface area contributed by atoms with Crippen molar-refractivity contribution in [1.29, 1.82) is 0 Å². The second kappa shape index (κ2) is 6.39. The number of carbonyl (C=O) groups is 1. The Labute approximate surface area is 132 Å². The summed E-state index contributed by atoms with van der Waals surface area (Å²) >= 11 is 0. The van der Waals surface area contributed by atoms with Crippen LogP contribution in [0.25, 0.3) is 0 Å². The van der Waals surface area contributed by atoms with Crippen LogP contribution in [0, 0.1) is 0 Å².